The summed E-state index contributed by atoms with van der Waals surface area (Å²) in [6, 6.07) is 13.6. The number of H-pyrrole nitrogens is 1. The van der Waals surface area contributed by atoms with Gasteiger partial charge in [-0.05, 0) is 37.6 Å². The summed E-state index contributed by atoms with van der Waals surface area (Å²) in [6.07, 6.45) is 2.14. The molecule has 0 spiro atoms. The zero-order chi connectivity index (χ0) is 18.8. The average molecular weight is 365 g/mol. The average Bonchev–Trinajstić information content (AvgIpc) is 3.15. The number of fused-ring (bicyclic) bond motifs is 1. The van der Waals surface area contributed by atoms with Crippen molar-refractivity contribution in [3.63, 3.8) is 0 Å². The van der Waals surface area contributed by atoms with E-state index in [0.717, 1.165) is 42.0 Å². The molecule has 2 heterocycles. The van der Waals surface area contributed by atoms with E-state index >= 15 is 0 Å². The second kappa shape index (κ2) is 7.40. The van der Waals surface area contributed by atoms with Gasteiger partial charge in [0, 0.05) is 17.7 Å². The fraction of sp³-hybridized carbons (Fsp3) is 0.333. The molecule has 1 saturated heterocycles. The van der Waals surface area contributed by atoms with Crippen LogP contribution >= 0.6 is 0 Å². The summed E-state index contributed by atoms with van der Waals surface area (Å²) in [6.45, 7) is 1.55. The molecule has 1 aromatic heterocycles. The molecule has 1 N–H and O–H groups in total. The smallest absolute Gasteiger partial charge is 0.258 e. The quantitative estimate of drug-likeness (QED) is 0.752. The van der Waals surface area contributed by atoms with Gasteiger partial charge in [0.2, 0.25) is 0 Å². The van der Waals surface area contributed by atoms with Crippen LogP contribution in [0.15, 0.2) is 47.3 Å². The first kappa shape index (κ1) is 17.5. The van der Waals surface area contributed by atoms with Crippen LogP contribution < -0.4 is 15.0 Å². The summed E-state index contributed by atoms with van der Waals surface area (Å²) in [5.41, 5.74) is 1.78. The highest BCUT2D eigenvalue weighted by atomic mass is 16.5. The van der Waals surface area contributed by atoms with Gasteiger partial charge in [0.1, 0.15) is 17.3 Å². The molecule has 1 aliphatic heterocycles. The third-order valence-electron chi connectivity index (χ3n) is 5.18. The van der Waals surface area contributed by atoms with E-state index in [4.69, 9.17) is 9.47 Å². The molecule has 6 heteroatoms. The van der Waals surface area contributed by atoms with Crippen LogP contribution in [-0.4, -0.2) is 35.6 Å². The van der Waals surface area contributed by atoms with Crippen LogP contribution in [0.25, 0.3) is 10.9 Å². The summed E-state index contributed by atoms with van der Waals surface area (Å²) in [5.74, 6) is 2.30. The Hall–Kier alpha value is -2.86. The molecule has 0 saturated carbocycles. The first-order chi connectivity index (χ1) is 13.2. The van der Waals surface area contributed by atoms with E-state index in [1.54, 1.807) is 20.3 Å². The minimum atomic E-state index is -0.0895. The highest BCUT2D eigenvalue weighted by Gasteiger charge is 2.29. The third-order valence-corrected chi connectivity index (χ3v) is 5.18. The molecule has 0 amide bonds. The highest BCUT2D eigenvalue weighted by Crippen LogP contribution is 2.39. The van der Waals surface area contributed by atoms with Gasteiger partial charge in [-0.3, -0.25) is 9.69 Å². The summed E-state index contributed by atoms with van der Waals surface area (Å²) in [5, 5.41) is 0.621. The Morgan fingerprint density at radius 1 is 1.19 bits per heavy atom. The van der Waals surface area contributed by atoms with Crippen molar-refractivity contribution in [3.05, 3.63) is 64.2 Å². The fourth-order valence-electron chi connectivity index (χ4n) is 3.86. The fourth-order valence-corrected chi connectivity index (χ4v) is 3.86. The number of hydrogen-bond acceptors (Lipinski definition) is 5. The number of benzene rings is 2. The molecule has 140 valence electrons. The number of methoxy groups -OCH3 is 2. The van der Waals surface area contributed by atoms with Crippen LogP contribution in [-0.2, 0) is 6.54 Å². The van der Waals surface area contributed by atoms with Gasteiger partial charge in [-0.2, -0.15) is 0 Å². The summed E-state index contributed by atoms with van der Waals surface area (Å²) in [7, 11) is 3.33. The number of hydrogen-bond donors (Lipinski definition) is 1. The lowest BCUT2D eigenvalue weighted by Crippen LogP contribution is -2.26. The second-order valence-corrected chi connectivity index (χ2v) is 6.77. The van der Waals surface area contributed by atoms with E-state index in [1.165, 1.54) is 0 Å². The molecule has 0 bridgehead atoms. The van der Waals surface area contributed by atoms with Crippen LogP contribution in [0.3, 0.4) is 0 Å². The molecule has 2 aromatic carbocycles. The molecule has 1 aliphatic rings. The van der Waals surface area contributed by atoms with Gasteiger partial charge >= 0.3 is 0 Å². The molecule has 3 aromatic rings. The van der Waals surface area contributed by atoms with Gasteiger partial charge in [-0.1, -0.05) is 18.2 Å². The van der Waals surface area contributed by atoms with Gasteiger partial charge in [0.15, 0.2) is 0 Å². The molecule has 6 nitrogen and oxygen atoms in total. The molecule has 0 radical (unpaired) electrons. The molecule has 1 unspecified atom stereocenters. The Bertz CT molecular complexity index is 1010. The van der Waals surface area contributed by atoms with E-state index in [2.05, 4.69) is 20.9 Å². The number of aromatic amines is 1. The third kappa shape index (κ3) is 3.40. The number of nitrogens with one attached hydrogen (secondary N) is 1. The molecule has 0 aliphatic carbocycles. The molecular weight excluding hydrogens is 342 g/mol. The first-order valence-corrected chi connectivity index (χ1v) is 9.13. The van der Waals surface area contributed by atoms with Crippen molar-refractivity contribution in [2.45, 2.75) is 25.4 Å². The Balaban J connectivity index is 1.64. The van der Waals surface area contributed by atoms with Crippen molar-refractivity contribution in [3.8, 4) is 11.5 Å². The lowest BCUT2D eigenvalue weighted by Gasteiger charge is -2.26. The van der Waals surface area contributed by atoms with Crippen molar-refractivity contribution in [1.82, 2.24) is 14.9 Å². The SMILES string of the molecule is COc1ccc(C2CCCN2Cc2nc3ccccc3c(=O)[nH]2)c(OC)c1. The summed E-state index contributed by atoms with van der Waals surface area (Å²) < 4.78 is 10.9. The Kier molecular flexibility index (Phi) is 4.81. The maximum Gasteiger partial charge on any atom is 0.258 e. The Labute approximate surface area is 157 Å². The zero-order valence-electron chi connectivity index (χ0n) is 15.6. The lowest BCUT2D eigenvalue weighted by molar-refractivity contribution is 0.237. The molecule has 1 fully saturated rings. The normalized spacial score (nSPS) is 17.3. The second-order valence-electron chi connectivity index (χ2n) is 6.77. The molecule has 1 atom stereocenters. The van der Waals surface area contributed by atoms with Crippen LogP contribution in [0, 0.1) is 0 Å². The van der Waals surface area contributed by atoms with Gasteiger partial charge in [-0.15, -0.1) is 0 Å². The van der Waals surface area contributed by atoms with Crippen LogP contribution in [0.4, 0.5) is 0 Å². The number of nitrogens with zero attached hydrogens (tertiary/aromatic N) is 2. The lowest BCUT2D eigenvalue weighted by atomic mass is 10.0. The van der Waals surface area contributed by atoms with Crippen molar-refractivity contribution in [1.29, 1.82) is 0 Å². The topological polar surface area (TPSA) is 67.5 Å². The monoisotopic (exact) mass is 365 g/mol. The number of rotatable bonds is 5. The maximum atomic E-state index is 12.3. The molecule has 27 heavy (non-hydrogen) atoms. The van der Waals surface area contributed by atoms with Crippen molar-refractivity contribution >= 4 is 10.9 Å². The molecule has 4 rings (SSSR count). The number of ether oxygens (including phenoxy) is 2. The molecular formula is C21H23N3O3. The van der Waals surface area contributed by atoms with E-state index in [9.17, 15) is 4.79 Å². The van der Waals surface area contributed by atoms with Crippen molar-refractivity contribution < 1.29 is 9.47 Å². The van der Waals surface area contributed by atoms with Crippen molar-refractivity contribution in [2.24, 2.45) is 0 Å². The number of likely N-dealkylation sites (tertiary alicyclic amines) is 1. The predicted octanol–water partition coefficient (Wildman–Crippen LogP) is 3.28. The van der Waals surface area contributed by atoms with E-state index < -0.39 is 0 Å². The highest BCUT2D eigenvalue weighted by molar-refractivity contribution is 5.77. The van der Waals surface area contributed by atoms with Crippen LogP contribution in [0.2, 0.25) is 0 Å². The number of para-hydroxylation sites is 1. The first-order valence-electron chi connectivity index (χ1n) is 9.13. The predicted molar refractivity (Wildman–Crippen MR) is 104 cm³/mol. The van der Waals surface area contributed by atoms with Gasteiger partial charge in [0.05, 0.1) is 31.7 Å². The van der Waals surface area contributed by atoms with Crippen LogP contribution in [0.1, 0.15) is 30.3 Å². The Morgan fingerprint density at radius 2 is 2.04 bits per heavy atom. The Morgan fingerprint density at radius 3 is 2.85 bits per heavy atom. The minimum absolute atomic E-state index is 0.0895. The van der Waals surface area contributed by atoms with Gasteiger partial charge in [-0.25, -0.2) is 4.98 Å². The summed E-state index contributed by atoms with van der Waals surface area (Å²) >= 11 is 0. The number of aromatic nitrogens is 2. The largest absolute Gasteiger partial charge is 0.497 e. The zero-order valence-corrected chi connectivity index (χ0v) is 15.6. The standard InChI is InChI=1S/C21H23N3O3/c1-26-14-9-10-16(19(12-14)27-2)18-8-5-11-24(18)13-20-22-17-7-4-3-6-15(17)21(25)23-20/h3-4,6-7,9-10,12,18H,5,8,11,13H2,1-2H3,(H,22,23,25). The van der Waals surface area contributed by atoms with Crippen molar-refractivity contribution in [2.75, 3.05) is 20.8 Å². The van der Waals surface area contributed by atoms with E-state index in [-0.39, 0.29) is 11.6 Å². The van der Waals surface area contributed by atoms with Gasteiger partial charge in [0.25, 0.3) is 5.56 Å². The van der Waals surface area contributed by atoms with Gasteiger partial charge < -0.3 is 14.5 Å². The summed E-state index contributed by atoms with van der Waals surface area (Å²) in [4.78, 5) is 22.3. The van der Waals surface area contributed by atoms with E-state index in [0.29, 0.717) is 17.8 Å². The van der Waals surface area contributed by atoms with Crippen LogP contribution in [0.5, 0.6) is 11.5 Å². The van der Waals surface area contributed by atoms with E-state index in [1.807, 2.05) is 30.3 Å². The maximum absolute atomic E-state index is 12.3. The minimum Gasteiger partial charge on any atom is -0.497 e.